The summed E-state index contributed by atoms with van der Waals surface area (Å²) in [4.78, 5) is 4.66. The van der Waals surface area contributed by atoms with Crippen LogP contribution < -0.4 is 0 Å². The number of imidazole rings is 1. The van der Waals surface area contributed by atoms with Gasteiger partial charge < -0.3 is 4.57 Å². The summed E-state index contributed by atoms with van der Waals surface area (Å²) in [5.41, 5.74) is 1.97. The molecule has 31 heavy (non-hydrogen) atoms. The molecule has 1 saturated carbocycles. The first-order chi connectivity index (χ1) is 14.6. The Morgan fingerprint density at radius 3 is 2.68 bits per heavy atom. The average Bonchev–Trinajstić information content (AvgIpc) is 3.34. The highest BCUT2D eigenvalue weighted by Crippen LogP contribution is 2.43. The van der Waals surface area contributed by atoms with Crippen molar-refractivity contribution in [2.45, 2.75) is 42.8 Å². The molecule has 0 bridgehead atoms. The van der Waals surface area contributed by atoms with E-state index in [4.69, 9.17) is 11.6 Å². The molecule has 0 radical (unpaired) electrons. The van der Waals surface area contributed by atoms with Crippen LogP contribution in [0.4, 0.5) is 8.78 Å². The third kappa shape index (κ3) is 3.59. The second-order valence-electron chi connectivity index (χ2n) is 8.04. The van der Waals surface area contributed by atoms with Crippen molar-refractivity contribution in [1.29, 1.82) is 0 Å². The molecule has 162 valence electrons. The lowest BCUT2D eigenvalue weighted by Gasteiger charge is -2.17. The predicted molar refractivity (Wildman–Crippen MR) is 115 cm³/mol. The van der Waals surface area contributed by atoms with Gasteiger partial charge in [0.05, 0.1) is 23.1 Å². The summed E-state index contributed by atoms with van der Waals surface area (Å²) in [6, 6.07) is 11.8. The first-order valence-corrected chi connectivity index (χ1v) is 12.1. The summed E-state index contributed by atoms with van der Waals surface area (Å²) in [7, 11) is -3.55. The SMILES string of the molecule is CS(=O)(=O)c1nn(Cc2nc3cc(Cl)ccc3n2C2CCC(F)(F)C2)c2ccccc12. The molecule has 0 amide bonds. The molecule has 5 rings (SSSR count). The van der Waals surface area contributed by atoms with E-state index in [1.165, 1.54) is 0 Å². The normalized spacial score (nSPS) is 18.9. The zero-order valence-electron chi connectivity index (χ0n) is 16.6. The van der Waals surface area contributed by atoms with Crippen LogP contribution in [0, 0.1) is 0 Å². The molecule has 2 aromatic heterocycles. The Labute approximate surface area is 182 Å². The Hall–Kier alpha value is -2.52. The van der Waals surface area contributed by atoms with Crippen molar-refractivity contribution in [2.24, 2.45) is 0 Å². The summed E-state index contributed by atoms with van der Waals surface area (Å²) in [6.45, 7) is 0.143. The van der Waals surface area contributed by atoms with Gasteiger partial charge in [-0.3, -0.25) is 4.68 Å². The molecule has 10 heteroatoms. The number of hydrogen-bond acceptors (Lipinski definition) is 4. The van der Waals surface area contributed by atoms with E-state index in [1.807, 2.05) is 4.57 Å². The number of alkyl halides is 2. The zero-order chi connectivity index (χ0) is 22.0. The number of sulfone groups is 1. The summed E-state index contributed by atoms with van der Waals surface area (Å²) < 4.78 is 55.9. The third-order valence-electron chi connectivity index (χ3n) is 5.73. The maximum atomic E-state index is 14.0. The Bertz CT molecular complexity index is 1430. The summed E-state index contributed by atoms with van der Waals surface area (Å²) >= 11 is 6.12. The number of halogens is 3. The highest BCUT2D eigenvalue weighted by atomic mass is 35.5. The highest BCUT2D eigenvalue weighted by Gasteiger charge is 2.41. The van der Waals surface area contributed by atoms with Crippen molar-refractivity contribution in [3.63, 3.8) is 0 Å². The molecule has 1 aliphatic carbocycles. The molecule has 1 fully saturated rings. The van der Waals surface area contributed by atoms with E-state index < -0.39 is 21.8 Å². The van der Waals surface area contributed by atoms with E-state index in [1.54, 1.807) is 47.1 Å². The standard InChI is InChI=1S/C21H19ClF2N4O2S/c1-31(29,30)20-15-4-2-3-5-17(15)27(26-20)12-19-25-16-10-13(22)6-7-18(16)28(19)14-8-9-21(23,24)11-14/h2-7,10,14H,8-9,11-12H2,1H3. The quantitative estimate of drug-likeness (QED) is 0.433. The van der Waals surface area contributed by atoms with Crippen LogP contribution in [0.15, 0.2) is 47.5 Å². The van der Waals surface area contributed by atoms with Gasteiger partial charge in [-0.2, -0.15) is 5.10 Å². The Morgan fingerprint density at radius 1 is 1.19 bits per heavy atom. The molecule has 0 saturated heterocycles. The summed E-state index contributed by atoms with van der Waals surface area (Å²) in [5.74, 6) is -2.18. The molecule has 2 heterocycles. The van der Waals surface area contributed by atoms with Gasteiger partial charge in [-0.1, -0.05) is 23.7 Å². The molecule has 2 aromatic carbocycles. The van der Waals surface area contributed by atoms with Gasteiger partial charge in [0.1, 0.15) is 5.82 Å². The smallest absolute Gasteiger partial charge is 0.250 e. The van der Waals surface area contributed by atoms with Crippen LogP contribution in [0.5, 0.6) is 0 Å². The predicted octanol–water partition coefficient (Wildman–Crippen LogP) is 4.85. The second kappa shape index (κ2) is 7.00. The third-order valence-corrected chi connectivity index (χ3v) is 6.97. The molecule has 1 aliphatic rings. The second-order valence-corrected chi connectivity index (χ2v) is 10.4. The lowest BCUT2D eigenvalue weighted by atomic mass is 10.2. The zero-order valence-corrected chi connectivity index (χ0v) is 18.2. The Kier molecular flexibility index (Phi) is 4.60. The number of aromatic nitrogens is 4. The maximum absolute atomic E-state index is 14.0. The minimum Gasteiger partial charge on any atom is -0.323 e. The molecular weight excluding hydrogens is 446 g/mol. The summed E-state index contributed by atoms with van der Waals surface area (Å²) in [6.07, 6.45) is 1.02. The van der Waals surface area contributed by atoms with Crippen LogP contribution in [0.1, 0.15) is 31.1 Å². The monoisotopic (exact) mass is 464 g/mol. The first-order valence-electron chi connectivity index (χ1n) is 9.82. The fraction of sp³-hybridized carbons (Fsp3) is 0.333. The van der Waals surface area contributed by atoms with Gasteiger partial charge in [0.2, 0.25) is 5.92 Å². The van der Waals surface area contributed by atoms with Crippen LogP contribution in [-0.4, -0.2) is 39.9 Å². The van der Waals surface area contributed by atoms with E-state index in [2.05, 4.69) is 10.1 Å². The number of rotatable bonds is 4. The number of para-hydroxylation sites is 1. The van der Waals surface area contributed by atoms with Gasteiger partial charge >= 0.3 is 0 Å². The number of hydrogen-bond donors (Lipinski definition) is 0. The van der Waals surface area contributed by atoms with Gasteiger partial charge in [-0.05, 0) is 36.8 Å². The van der Waals surface area contributed by atoms with Crippen molar-refractivity contribution in [3.05, 3.63) is 53.3 Å². The van der Waals surface area contributed by atoms with E-state index >= 15 is 0 Å². The van der Waals surface area contributed by atoms with Gasteiger partial charge in [0, 0.05) is 35.5 Å². The van der Waals surface area contributed by atoms with E-state index in [0.717, 1.165) is 11.8 Å². The van der Waals surface area contributed by atoms with Crippen molar-refractivity contribution in [1.82, 2.24) is 19.3 Å². The Morgan fingerprint density at radius 2 is 1.97 bits per heavy atom. The molecule has 4 aromatic rings. The number of nitrogens with zero attached hydrogens (tertiary/aromatic N) is 4. The van der Waals surface area contributed by atoms with Gasteiger partial charge in [0.15, 0.2) is 14.9 Å². The minimum atomic E-state index is -3.55. The summed E-state index contributed by atoms with van der Waals surface area (Å²) in [5, 5.41) is 5.35. The fourth-order valence-electron chi connectivity index (χ4n) is 4.41. The van der Waals surface area contributed by atoms with Crippen molar-refractivity contribution in [3.8, 4) is 0 Å². The molecule has 1 unspecified atom stereocenters. The van der Waals surface area contributed by atoms with Crippen LogP contribution in [-0.2, 0) is 16.4 Å². The number of benzene rings is 2. The van der Waals surface area contributed by atoms with Crippen LogP contribution in [0.25, 0.3) is 21.9 Å². The molecule has 6 nitrogen and oxygen atoms in total. The molecule has 0 spiro atoms. The largest absolute Gasteiger partial charge is 0.323 e. The van der Waals surface area contributed by atoms with E-state index in [0.29, 0.717) is 33.7 Å². The highest BCUT2D eigenvalue weighted by molar-refractivity contribution is 7.90. The van der Waals surface area contributed by atoms with Crippen LogP contribution >= 0.6 is 11.6 Å². The molecular formula is C21H19ClF2N4O2S. The van der Waals surface area contributed by atoms with Gasteiger partial charge in [-0.25, -0.2) is 22.2 Å². The van der Waals surface area contributed by atoms with Gasteiger partial charge in [-0.15, -0.1) is 0 Å². The van der Waals surface area contributed by atoms with E-state index in [9.17, 15) is 17.2 Å². The molecule has 0 N–H and O–H groups in total. The maximum Gasteiger partial charge on any atom is 0.250 e. The topological polar surface area (TPSA) is 69.8 Å². The lowest BCUT2D eigenvalue weighted by molar-refractivity contribution is 0.00568. The van der Waals surface area contributed by atoms with Crippen LogP contribution in [0.2, 0.25) is 5.02 Å². The fourth-order valence-corrected chi connectivity index (χ4v) is 5.40. The Balaban J connectivity index is 1.67. The van der Waals surface area contributed by atoms with Crippen molar-refractivity contribution >= 4 is 43.4 Å². The molecule has 0 aliphatic heterocycles. The van der Waals surface area contributed by atoms with Gasteiger partial charge in [0.25, 0.3) is 0 Å². The molecule has 1 atom stereocenters. The lowest BCUT2D eigenvalue weighted by Crippen LogP contribution is -2.16. The minimum absolute atomic E-state index is 0.0128. The number of fused-ring (bicyclic) bond motifs is 2. The average molecular weight is 465 g/mol. The van der Waals surface area contributed by atoms with Crippen molar-refractivity contribution in [2.75, 3.05) is 6.26 Å². The van der Waals surface area contributed by atoms with E-state index in [-0.39, 0.29) is 24.4 Å². The van der Waals surface area contributed by atoms with Crippen molar-refractivity contribution < 1.29 is 17.2 Å². The first kappa shape index (κ1) is 20.4. The van der Waals surface area contributed by atoms with Crippen LogP contribution in [0.3, 0.4) is 0 Å².